The van der Waals surface area contributed by atoms with Gasteiger partial charge in [0.05, 0.1) is 24.5 Å². The molecule has 0 bridgehead atoms. The van der Waals surface area contributed by atoms with Gasteiger partial charge in [-0.2, -0.15) is 0 Å². The van der Waals surface area contributed by atoms with Crippen LogP contribution in [0.3, 0.4) is 0 Å². The fourth-order valence-electron chi connectivity index (χ4n) is 3.64. The molecular weight excluding hydrogens is 466 g/mol. The predicted molar refractivity (Wildman–Crippen MR) is 129 cm³/mol. The third-order valence-electron chi connectivity index (χ3n) is 5.99. The number of guanidine groups is 1. The molecule has 0 aliphatic carbocycles. The lowest BCUT2D eigenvalue weighted by atomic mass is 9.84. The van der Waals surface area contributed by atoms with Gasteiger partial charge >= 0.3 is 0 Å². The molecule has 3 rings (SSSR count). The van der Waals surface area contributed by atoms with E-state index in [2.05, 4.69) is 10.3 Å². The SMILES string of the molecule is CC(NC(=O)c1cc(F)cc(CN2C(=O)CC(C)(C(C)C)N=C2N)c1)c1cc(Cl)cc(Cl)c1. The number of hydrogen-bond donors (Lipinski definition) is 2. The maximum Gasteiger partial charge on any atom is 0.251 e. The molecular formula is C24H27Cl2FN4O2. The standard InChI is InChI=1S/C24H27Cl2FN4O2/c1-13(2)24(4)11-21(32)31(23(28)30-24)12-15-5-17(9-20(27)6-15)22(33)29-14(3)16-7-18(25)10-19(26)8-16/h5-10,13-14H,11-12H2,1-4H3,(H2,28,30)(H,29,33). The topological polar surface area (TPSA) is 87.8 Å². The van der Waals surface area contributed by atoms with Crippen molar-refractivity contribution in [1.82, 2.24) is 10.2 Å². The zero-order chi connectivity index (χ0) is 24.5. The number of halogens is 3. The third kappa shape index (κ3) is 5.84. The molecule has 9 heteroatoms. The van der Waals surface area contributed by atoms with Crippen LogP contribution < -0.4 is 11.1 Å². The lowest BCUT2D eigenvalue weighted by molar-refractivity contribution is -0.130. The van der Waals surface area contributed by atoms with Crippen molar-refractivity contribution in [2.45, 2.75) is 52.2 Å². The summed E-state index contributed by atoms with van der Waals surface area (Å²) >= 11 is 12.1. The molecule has 2 unspecified atom stereocenters. The summed E-state index contributed by atoms with van der Waals surface area (Å²) in [5, 5.41) is 3.71. The number of aliphatic imine (C=N–C) groups is 1. The van der Waals surface area contributed by atoms with Crippen molar-refractivity contribution in [2.24, 2.45) is 16.6 Å². The summed E-state index contributed by atoms with van der Waals surface area (Å²) in [5.74, 6) is -1.05. The summed E-state index contributed by atoms with van der Waals surface area (Å²) in [6.45, 7) is 7.64. The van der Waals surface area contributed by atoms with Crippen LogP contribution >= 0.6 is 23.2 Å². The van der Waals surface area contributed by atoms with Crippen LogP contribution in [0.4, 0.5) is 4.39 Å². The molecule has 0 radical (unpaired) electrons. The second kappa shape index (κ2) is 9.69. The van der Waals surface area contributed by atoms with Crippen molar-refractivity contribution >= 4 is 41.0 Å². The van der Waals surface area contributed by atoms with Gasteiger partial charge in [-0.1, -0.05) is 37.0 Å². The van der Waals surface area contributed by atoms with Crippen molar-refractivity contribution < 1.29 is 14.0 Å². The maximum absolute atomic E-state index is 14.4. The number of rotatable bonds is 6. The van der Waals surface area contributed by atoms with Gasteiger partial charge in [0.2, 0.25) is 5.91 Å². The smallest absolute Gasteiger partial charge is 0.251 e. The molecule has 2 aromatic rings. The fraction of sp³-hybridized carbons (Fsp3) is 0.375. The van der Waals surface area contributed by atoms with E-state index in [9.17, 15) is 14.0 Å². The minimum Gasteiger partial charge on any atom is -0.369 e. The molecule has 33 heavy (non-hydrogen) atoms. The number of nitrogens with one attached hydrogen (secondary N) is 1. The summed E-state index contributed by atoms with van der Waals surface area (Å²) < 4.78 is 14.4. The Bertz CT molecular complexity index is 1100. The number of hydrogen-bond acceptors (Lipinski definition) is 4. The second-order valence-electron chi connectivity index (χ2n) is 8.88. The number of nitrogens with zero attached hydrogens (tertiary/aromatic N) is 2. The van der Waals surface area contributed by atoms with Crippen molar-refractivity contribution in [3.05, 3.63) is 69.0 Å². The number of nitrogens with two attached hydrogens (primary N) is 1. The first-order valence-electron chi connectivity index (χ1n) is 10.6. The third-order valence-corrected chi connectivity index (χ3v) is 6.43. The second-order valence-corrected chi connectivity index (χ2v) is 9.76. The van der Waals surface area contributed by atoms with Gasteiger partial charge in [0, 0.05) is 15.6 Å². The molecule has 2 aromatic carbocycles. The fourth-order valence-corrected chi connectivity index (χ4v) is 4.18. The van der Waals surface area contributed by atoms with Gasteiger partial charge in [0.1, 0.15) is 5.82 Å². The highest BCUT2D eigenvalue weighted by Crippen LogP contribution is 2.30. The highest BCUT2D eigenvalue weighted by Gasteiger charge is 2.38. The summed E-state index contributed by atoms with van der Waals surface area (Å²) in [6.07, 6.45) is 0.202. The first-order valence-corrected chi connectivity index (χ1v) is 11.4. The van der Waals surface area contributed by atoms with Crippen LogP contribution in [-0.2, 0) is 11.3 Å². The van der Waals surface area contributed by atoms with Crippen LogP contribution in [-0.4, -0.2) is 28.2 Å². The predicted octanol–water partition coefficient (Wildman–Crippen LogP) is 5.09. The van der Waals surface area contributed by atoms with E-state index >= 15 is 0 Å². The highest BCUT2D eigenvalue weighted by molar-refractivity contribution is 6.34. The van der Waals surface area contributed by atoms with Crippen LogP contribution in [0.15, 0.2) is 41.4 Å². The Morgan fingerprint density at radius 1 is 1.18 bits per heavy atom. The maximum atomic E-state index is 14.4. The normalized spacial score (nSPS) is 19.5. The average Bonchev–Trinajstić information content (AvgIpc) is 2.69. The van der Waals surface area contributed by atoms with Gasteiger partial charge < -0.3 is 11.1 Å². The molecule has 0 aromatic heterocycles. The molecule has 0 saturated heterocycles. The van der Waals surface area contributed by atoms with Gasteiger partial charge in [0.25, 0.3) is 5.91 Å². The quantitative estimate of drug-likeness (QED) is 0.588. The Kier molecular flexibility index (Phi) is 7.34. The number of amides is 2. The van der Waals surface area contributed by atoms with Gasteiger partial charge in [-0.15, -0.1) is 0 Å². The summed E-state index contributed by atoms with van der Waals surface area (Å²) in [5.41, 5.74) is 6.77. The van der Waals surface area contributed by atoms with Gasteiger partial charge in [-0.25, -0.2) is 9.38 Å². The van der Waals surface area contributed by atoms with Gasteiger partial charge in [-0.3, -0.25) is 14.5 Å². The Labute approximate surface area is 203 Å². The van der Waals surface area contributed by atoms with Crippen LogP contribution in [0.5, 0.6) is 0 Å². The number of carbonyl (C=O) groups is 2. The van der Waals surface area contributed by atoms with Crippen LogP contribution in [0.1, 0.15) is 61.6 Å². The molecule has 176 valence electrons. The van der Waals surface area contributed by atoms with Crippen molar-refractivity contribution in [3.63, 3.8) is 0 Å². The van der Waals surface area contributed by atoms with Crippen molar-refractivity contribution in [1.29, 1.82) is 0 Å². The largest absolute Gasteiger partial charge is 0.369 e. The molecule has 1 aliphatic rings. The summed E-state index contributed by atoms with van der Waals surface area (Å²) in [4.78, 5) is 31.4. The number of carbonyl (C=O) groups excluding carboxylic acids is 2. The molecule has 1 aliphatic heterocycles. The van der Waals surface area contributed by atoms with E-state index in [4.69, 9.17) is 28.9 Å². The van der Waals surface area contributed by atoms with E-state index in [1.54, 1.807) is 25.1 Å². The summed E-state index contributed by atoms with van der Waals surface area (Å²) in [6, 6.07) is 8.53. The Balaban J connectivity index is 1.79. The highest BCUT2D eigenvalue weighted by atomic mass is 35.5. The molecule has 0 fully saturated rings. The van der Waals surface area contributed by atoms with Crippen LogP contribution in [0.25, 0.3) is 0 Å². The molecule has 0 saturated carbocycles. The van der Waals surface area contributed by atoms with Crippen LogP contribution in [0.2, 0.25) is 10.0 Å². The Morgan fingerprint density at radius 3 is 2.39 bits per heavy atom. The van der Waals surface area contributed by atoms with E-state index in [-0.39, 0.29) is 36.3 Å². The monoisotopic (exact) mass is 492 g/mol. The lowest BCUT2D eigenvalue weighted by Crippen LogP contribution is -2.51. The zero-order valence-corrected chi connectivity index (χ0v) is 20.5. The molecule has 6 nitrogen and oxygen atoms in total. The first kappa shape index (κ1) is 25.0. The minimum atomic E-state index is -0.594. The Hall–Kier alpha value is -2.64. The zero-order valence-electron chi connectivity index (χ0n) is 19.0. The molecule has 1 heterocycles. The lowest BCUT2D eigenvalue weighted by Gasteiger charge is -2.37. The number of benzene rings is 2. The molecule has 2 amide bonds. The minimum absolute atomic E-state index is 0.0137. The van der Waals surface area contributed by atoms with E-state index in [0.717, 1.165) is 6.07 Å². The average molecular weight is 493 g/mol. The van der Waals surface area contributed by atoms with E-state index in [1.807, 2.05) is 20.8 Å². The Morgan fingerprint density at radius 2 is 1.82 bits per heavy atom. The van der Waals surface area contributed by atoms with E-state index in [0.29, 0.717) is 21.2 Å². The molecule has 3 N–H and O–H groups in total. The van der Waals surface area contributed by atoms with Crippen molar-refractivity contribution in [2.75, 3.05) is 0 Å². The van der Waals surface area contributed by atoms with Gasteiger partial charge in [-0.05, 0) is 67.3 Å². The van der Waals surface area contributed by atoms with E-state index in [1.165, 1.54) is 17.0 Å². The molecule has 0 spiro atoms. The van der Waals surface area contributed by atoms with Crippen LogP contribution in [0, 0.1) is 11.7 Å². The van der Waals surface area contributed by atoms with Crippen molar-refractivity contribution in [3.8, 4) is 0 Å². The molecule has 2 atom stereocenters. The van der Waals surface area contributed by atoms with E-state index < -0.39 is 23.3 Å². The van der Waals surface area contributed by atoms with Gasteiger partial charge in [0.15, 0.2) is 5.96 Å². The first-order chi connectivity index (χ1) is 15.4. The summed E-state index contributed by atoms with van der Waals surface area (Å²) in [7, 11) is 0.